The summed E-state index contributed by atoms with van der Waals surface area (Å²) in [4.78, 5) is 0. The number of benzene rings is 1. The largest absolute Gasteiger partial charge is 0.310 e. The molecule has 1 atom stereocenters. The van der Waals surface area contributed by atoms with E-state index in [-0.39, 0.29) is 0 Å². The summed E-state index contributed by atoms with van der Waals surface area (Å²) in [5.41, 5.74) is 2.81. The predicted molar refractivity (Wildman–Crippen MR) is 67.1 cm³/mol. The van der Waals surface area contributed by atoms with Gasteiger partial charge >= 0.3 is 0 Å². The maximum atomic E-state index is 3.57. The first kappa shape index (κ1) is 12.3. The molecule has 0 fully saturated rings. The SMILES string of the molecule is CCCCCNC(C)c1ccccc1C. The van der Waals surface area contributed by atoms with Crippen LogP contribution < -0.4 is 5.32 Å². The van der Waals surface area contributed by atoms with Gasteiger partial charge in [0.15, 0.2) is 0 Å². The van der Waals surface area contributed by atoms with Crippen LogP contribution in [0.15, 0.2) is 24.3 Å². The van der Waals surface area contributed by atoms with Crippen LogP contribution in [0.5, 0.6) is 0 Å². The molecule has 15 heavy (non-hydrogen) atoms. The average molecular weight is 205 g/mol. The van der Waals surface area contributed by atoms with Crippen LogP contribution in [-0.4, -0.2) is 6.54 Å². The second-order valence-corrected chi connectivity index (χ2v) is 4.24. The van der Waals surface area contributed by atoms with Crippen LogP contribution in [0.25, 0.3) is 0 Å². The van der Waals surface area contributed by atoms with Crippen LogP contribution in [0.2, 0.25) is 0 Å². The lowest BCUT2D eigenvalue weighted by Crippen LogP contribution is -2.20. The number of unbranched alkanes of at least 4 members (excludes halogenated alkanes) is 2. The second kappa shape index (κ2) is 6.62. The summed E-state index contributed by atoms with van der Waals surface area (Å²) in [6.07, 6.45) is 3.90. The van der Waals surface area contributed by atoms with E-state index in [0.29, 0.717) is 6.04 Å². The highest BCUT2D eigenvalue weighted by molar-refractivity contribution is 5.28. The van der Waals surface area contributed by atoms with Crippen molar-refractivity contribution in [3.8, 4) is 0 Å². The van der Waals surface area contributed by atoms with Crippen molar-refractivity contribution in [1.82, 2.24) is 5.32 Å². The third kappa shape index (κ3) is 4.05. The molecule has 1 aromatic carbocycles. The van der Waals surface area contributed by atoms with E-state index in [1.54, 1.807) is 0 Å². The molecule has 1 N–H and O–H groups in total. The summed E-state index contributed by atoms with van der Waals surface area (Å²) < 4.78 is 0. The third-order valence-corrected chi connectivity index (χ3v) is 2.89. The fraction of sp³-hybridized carbons (Fsp3) is 0.571. The van der Waals surface area contributed by atoms with Crippen molar-refractivity contribution in [2.75, 3.05) is 6.54 Å². The molecule has 0 bridgehead atoms. The normalized spacial score (nSPS) is 12.7. The first-order valence-corrected chi connectivity index (χ1v) is 6.04. The molecule has 0 aliphatic rings. The topological polar surface area (TPSA) is 12.0 Å². The summed E-state index contributed by atoms with van der Waals surface area (Å²) >= 11 is 0. The number of hydrogen-bond donors (Lipinski definition) is 1. The van der Waals surface area contributed by atoms with Crippen LogP contribution >= 0.6 is 0 Å². The molecular weight excluding hydrogens is 182 g/mol. The molecular formula is C14H23N. The summed E-state index contributed by atoms with van der Waals surface area (Å²) in [6, 6.07) is 9.09. The molecule has 0 aliphatic heterocycles. The molecule has 0 saturated heterocycles. The Morgan fingerprint density at radius 3 is 2.60 bits per heavy atom. The Kier molecular flexibility index (Phi) is 5.41. The molecule has 0 amide bonds. The van der Waals surface area contributed by atoms with Gasteiger partial charge in [-0.05, 0) is 37.9 Å². The van der Waals surface area contributed by atoms with E-state index >= 15 is 0 Å². The Bertz CT molecular complexity index is 280. The maximum Gasteiger partial charge on any atom is 0.0294 e. The molecule has 1 aromatic rings. The minimum absolute atomic E-state index is 0.475. The Hall–Kier alpha value is -0.820. The molecule has 0 heterocycles. The molecule has 0 aromatic heterocycles. The molecule has 1 unspecified atom stereocenters. The molecule has 0 aliphatic carbocycles. The van der Waals surface area contributed by atoms with E-state index in [4.69, 9.17) is 0 Å². The monoisotopic (exact) mass is 205 g/mol. The number of aryl methyl sites for hydroxylation is 1. The van der Waals surface area contributed by atoms with E-state index in [2.05, 4.69) is 50.4 Å². The molecule has 1 rings (SSSR count). The highest BCUT2D eigenvalue weighted by Crippen LogP contribution is 2.16. The maximum absolute atomic E-state index is 3.57. The van der Waals surface area contributed by atoms with Gasteiger partial charge in [-0.1, -0.05) is 44.0 Å². The van der Waals surface area contributed by atoms with Gasteiger partial charge in [0.25, 0.3) is 0 Å². The lowest BCUT2D eigenvalue weighted by Gasteiger charge is -2.16. The summed E-state index contributed by atoms with van der Waals surface area (Å²) in [5.74, 6) is 0. The van der Waals surface area contributed by atoms with Gasteiger partial charge < -0.3 is 5.32 Å². The third-order valence-electron chi connectivity index (χ3n) is 2.89. The zero-order valence-corrected chi connectivity index (χ0v) is 10.2. The van der Waals surface area contributed by atoms with Gasteiger partial charge in [0.05, 0.1) is 0 Å². The van der Waals surface area contributed by atoms with E-state index in [1.165, 1.54) is 30.4 Å². The van der Waals surface area contributed by atoms with Crippen molar-refractivity contribution in [3.05, 3.63) is 35.4 Å². The van der Waals surface area contributed by atoms with Gasteiger partial charge in [0.2, 0.25) is 0 Å². The molecule has 0 spiro atoms. The highest BCUT2D eigenvalue weighted by Gasteiger charge is 2.05. The van der Waals surface area contributed by atoms with Gasteiger partial charge in [0.1, 0.15) is 0 Å². The Morgan fingerprint density at radius 2 is 1.93 bits per heavy atom. The quantitative estimate of drug-likeness (QED) is 0.696. The number of nitrogens with one attached hydrogen (secondary N) is 1. The standard InChI is InChI=1S/C14H23N/c1-4-5-8-11-15-13(3)14-10-7-6-9-12(14)2/h6-7,9-10,13,15H,4-5,8,11H2,1-3H3. The van der Waals surface area contributed by atoms with Gasteiger partial charge in [0, 0.05) is 6.04 Å². The lowest BCUT2D eigenvalue weighted by atomic mass is 10.0. The summed E-state index contributed by atoms with van der Waals surface area (Å²) in [7, 11) is 0. The van der Waals surface area contributed by atoms with Crippen LogP contribution in [0.3, 0.4) is 0 Å². The fourth-order valence-electron chi connectivity index (χ4n) is 1.88. The Labute approximate surface area is 93.9 Å². The van der Waals surface area contributed by atoms with E-state index in [9.17, 15) is 0 Å². The Morgan fingerprint density at radius 1 is 1.20 bits per heavy atom. The van der Waals surface area contributed by atoms with E-state index in [0.717, 1.165) is 6.54 Å². The van der Waals surface area contributed by atoms with Crippen molar-refractivity contribution in [1.29, 1.82) is 0 Å². The summed E-state index contributed by atoms with van der Waals surface area (Å²) in [5, 5.41) is 3.57. The molecule has 84 valence electrons. The van der Waals surface area contributed by atoms with Crippen molar-refractivity contribution < 1.29 is 0 Å². The average Bonchev–Trinajstić information content (AvgIpc) is 2.25. The number of rotatable bonds is 6. The zero-order chi connectivity index (χ0) is 11.1. The van der Waals surface area contributed by atoms with Crippen molar-refractivity contribution >= 4 is 0 Å². The smallest absolute Gasteiger partial charge is 0.0294 e. The molecule has 0 radical (unpaired) electrons. The second-order valence-electron chi connectivity index (χ2n) is 4.24. The minimum atomic E-state index is 0.475. The van der Waals surface area contributed by atoms with Crippen molar-refractivity contribution in [3.63, 3.8) is 0 Å². The zero-order valence-electron chi connectivity index (χ0n) is 10.2. The van der Waals surface area contributed by atoms with Crippen LogP contribution in [0.4, 0.5) is 0 Å². The minimum Gasteiger partial charge on any atom is -0.310 e. The lowest BCUT2D eigenvalue weighted by molar-refractivity contribution is 0.542. The molecule has 0 saturated carbocycles. The van der Waals surface area contributed by atoms with Gasteiger partial charge in [-0.15, -0.1) is 0 Å². The fourth-order valence-corrected chi connectivity index (χ4v) is 1.88. The Balaban J connectivity index is 2.40. The predicted octanol–water partition coefficient (Wildman–Crippen LogP) is 3.84. The van der Waals surface area contributed by atoms with Crippen LogP contribution in [0.1, 0.15) is 50.3 Å². The molecule has 1 heteroatoms. The van der Waals surface area contributed by atoms with Crippen LogP contribution in [-0.2, 0) is 0 Å². The van der Waals surface area contributed by atoms with E-state index in [1.807, 2.05) is 0 Å². The first-order chi connectivity index (χ1) is 7.25. The van der Waals surface area contributed by atoms with Crippen molar-refractivity contribution in [2.45, 2.75) is 46.1 Å². The van der Waals surface area contributed by atoms with Crippen molar-refractivity contribution in [2.24, 2.45) is 0 Å². The van der Waals surface area contributed by atoms with Crippen LogP contribution in [0, 0.1) is 6.92 Å². The van der Waals surface area contributed by atoms with Gasteiger partial charge in [-0.3, -0.25) is 0 Å². The van der Waals surface area contributed by atoms with E-state index < -0.39 is 0 Å². The molecule has 1 nitrogen and oxygen atoms in total. The van der Waals surface area contributed by atoms with Gasteiger partial charge in [-0.2, -0.15) is 0 Å². The first-order valence-electron chi connectivity index (χ1n) is 6.04. The highest BCUT2D eigenvalue weighted by atomic mass is 14.9. The number of hydrogen-bond acceptors (Lipinski definition) is 1. The summed E-state index contributed by atoms with van der Waals surface area (Å²) in [6.45, 7) is 7.79. The van der Waals surface area contributed by atoms with Gasteiger partial charge in [-0.25, -0.2) is 0 Å².